The van der Waals surface area contributed by atoms with E-state index in [2.05, 4.69) is 0 Å². The lowest BCUT2D eigenvalue weighted by Gasteiger charge is -2.25. The minimum absolute atomic E-state index is 0.0302. The van der Waals surface area contributed by atoms with Crippen molar-refractivity contribution in [3.05, 3.63) is 57.2 Å². The maximum atomic E-state index is 12.9. The van der Waals surface area contributed by atoms with Crippen LogP contribution in [0, 0.1) is 0 Å². The van der Waals surface area contributed by atoms with Crippen LogP contribution in [0.15, 0.2) is 23.8 Å². The van der Waals surface area contributed by atoms with Crippen molar-refractivity contribution in [2.45, 2.75) is 26.2 Å². The molecule has 0 bridgehead atoms. The number of fused-ring (bicyclic) bond motifs is 3. The summed E-state index contributed by atoms with van der Waals surface area (Å²) in [6, 6.07) is 4.22. The molecule has 5 heteroatoms. The summed E-state index contributed by atoms with van der Waals surface area (Å²) in [5.41, 5.74) is 1.47. The van der Waals surface area contributed by atoms with E-state index >= 15 is 0 Å². The first-order chi connectivity index (χ1) is 12.0. The third-order valence-corrected chi connectivity index (χ3v) is 5.06. The number of carbonyl (C=O) groups excluding carboxylic acids is 2. The number of aromatic hydroxyl groups is 3. The molecule has 0 unspecified atom stereocenters. The second kappa shape index (κ2) is 5.21. The normalized spacial score (nSPS) is 15.3. The van der Waals surface area contributed by atoms with Crippen LogP contribution in [-0.4, -0.2) is 26.9 Å². The number of phenolic OH excluding ortho intramolecular Hbond substituents is 3. The minimum atomic E-state index is -0.649. The molecule has 2 aromatic carbocycles. The fraction of sp³-hybridized carbons (Fsp3) is 0.200. The van der Waals surface area contributed by atoms with Gasteiger partial charge in [0, 0.05) is 16.7 Å². The van der Waals surface area contributed by atoms with Crippen molar-refractivity contribution < 1.29 is 24.9 Å². The van der Waals surface area contributed by atoms with Crippen molar-refractivity contribution >= 4 is 17.6 Å². The predicted molar refractivity (Wildman–Crippen MR) is 91.3 cm³/mol. The summed E-state index contributed by atoms with van der Waals surface area (Å²) in [5, 5.41) is 31.4. The molecule has 126 valence electrons. The van der Waals surface area contributed by atoms with Gasteiger partial charge < -0.3 is 15.3 Å². The Morgan fingerprint density at radius 3 is 2.36 bits per heavy atom. The third kappa shape index (κ3) is 1.95. The summed E-state index contributed by atoms with van der Waals surface area (Å²) in [4.78, 5) is 25.7. The summed E-state index contributed by atoms with van der Waals surface area (Å²) < 4.78 is 0. The summed E-state index contributed by atoms with van der Waals surface area (Å²) in [5.74, 6) is -2.09. The number of rotatable bonds is 1. The Morgan fingerprint density at radius 2 is 1.64 bits per heavy atom. The molecule has 25 heavy (non-hydrogen) atoms. The molecule has 0 atom stereocenters. The van der Waals surface area contributed by atoms with Crippen LogP contribution in [0.5, 0.6) is 17.2 Å². The van der Waals surface area contributed by atoms with Gasteiger partial charge in [0.2, 0.25) is 5.78 Å². The number of benzene rings is 2. The zero-order chi connectivity index (χ0) is 17.9. The van der Waals surface area contributed by atoms with Gasteiger partial charge in [0.05, 0.1) is 16.7 Å². The molecule has 0 aromatic heterocycles. The predicted octanol–water partition coefficient (Wildman–Crippen LogP) is 3.32. The van der Waals surface area contributed by atoms with Crippen molar-refractivity contribution in [2.75, 3.05) is 0 Å². The van der Waals surface area contributed by atoms with Crippen LogP contribution in [0.3, 0.4) is 0 Å². The Kier molecular flexibility index (Phi) is 3.22. The lowest BCUT2D eigenvalue weighted by molar-refractivity contribution is 0.0971. The van der Waals surface area contributed by atoms with Gasteiger partial charge in [-0.1, -0.05) is 30.7 Å². The highest BCUT2D eigenvalue weighted by atomic mass is 16.3. The van der Waals surface area contributed by atoms with Crippen LogP contribution in [0.1, 0.15) is 62.7 Å². The molecule has 2 aliphatic rings. The van der Waals surface area contributed by atoms with Crippen LogP contribution in [-0.2, 0) is 6.42 Å². The second-order valence-electron chi connectivity index (χ2n) is 6.35. The Hall–Kier alpha value is -3.08. The van der Waals surface area contributed by atoms with Crippen molar-refractivity contribution in [3.63, 3.8) is 0 Å². The van der Waals surface area contributed by atoms with Gasteiger partial charge in [0.25, 0.3) is 0 Å². The van der Waals surface area contributed by atoms with E-state index in [-0.39, 0.29) is 39.5 Å². The SMILES string of the molecule is CCC1=Cc2c(O)c3c(c(O)c2CC1)C(=O)c1c(O)cccc1C3=O. The fourth-order valence-corrected chi connectivity index (χ4v) is 3.71. The molecule has 0 spiro atoms. The van der Waals surface area contributed by atoms with Gasteiger partial charge in [-0.05, 0) is 25.3 Å². The van der Waals surface area contributed by atoms with Gasteiger partial charge in [-0.2, -0.15) is 0 Å². The summed E-state index contributed by atoms with van der Waals surface area (Å²) in [6.45, 7) is 2.00. The Balaban J connectivity index is 2.08. The van der Waals surface area contributed by atoms with Gasteiger partial charge in [-0.15, -0.1) is 0 Å². The van der Waals surface area contributed by atoms with E-state index in [9.17, 15) is 24.9 Å². The van der Waals surface area contributed by atoms with Gasteiger partial charge in [0.15, 0.2) is 5.78 Å². The topological polar surface area (TPSA) is 94.8 Å². The van der Waals surface area contributed by atoms with Crippen LogP contribution in [0.4, 0.5) is 0 Å². The average Bonchev–Trinajstić information content (AvgIpc) is 2.62. The molecular weight excluding hydrogens is 320 g/mol. The van der Waals surface area contributed by atoms with Gasteiger partial charge in [-0.3, -0.25) is 9.59 Å². The van der Waals surface area contributed by atoms with Crippen molar-refractivity contribution in [3.8, 4) is 17.2 Å². The Morgan fingerprint density at radius 1 is 0.920 bits per heavy atom. The maximum Gasteiger partial charge on any atom is 0.202 e. The highest BCUT2D eigenvalue weighted by Gasteiger charge is 2.39. The van der Waals surface area contributed by atoms with E-state index < -0.39 is 11.6 Å². The molecule has 3 N–H and O–H groups in total. The minimum Gasteiger partial charge on any atom is -0.507 e. The van der Waals surface area contributed by atoms with Crippen LogP contribution < -0.4 is 0 Å². The first-order valence-corrected chi connectivity index (χ1v) is 8.17. The average molecular weight is 336 g/mol. The first-order valence-electron chi connectivity index (χ1n) is 8.17. The van der Waals surface area contributed by atoms with Gasteiger partial charge >= 0.3 is 0 Å². The molecule has 0 saturated heterocycles. The Labute approximate surface area is 143 Å². The summed E-state index contributed by atoms with van der Waals surface area (Å²) in [7, 11) is 0. The molecule has 0 heterocycles. The smallest absolute Gasteiger partial charge is 0.202 e. The van der Waals surface area contributed by atoms with Gasteiger partial charge in [0.1, 0.15) is 17.2 Å². The second-order valence-corrected chi connectivity index (χ2v) is 6.35. The molecular formula is C20H16O5. The molecule has 0 fully saturated rings. The van der Waals surface area contributed by atoms with Gasteiger partial charge in [-0.25, -0.2) is 0 Å². The van der Waals surface area contributed by atoms with Crippen LogP contribution >= 0.6 is 0 Å². The molecule has 0 amide bonds. The number of hydrogen-bond donors (Lipinski definition) is 3. The number of ketones is 2. The first kappa shape index (κ1) is 15.4. The zero-order valence-corrected chi connectivity index (χ0v) is 13.6. The van der Waals surface area contributed by atoms with E-state index in [4.69, 9.17) is 0 Å². The lowest BCUT2D eigenvalue weighted by Crippen LogP contribution is -2.23. The number of hydrogen-bond acceptors (Lipinski definition) is 5. The van der Waals surface area contributed by atoms with E-state index in [0.29, 0.717) is 17.5 Å². The molecule has 5 nitrogen and oxygen atoms in total. The number of phenols is 3. The highest BCUT2D eigenvalue weighted by Crippen LogP contribution is 2.47. The summed E-state index contributed by atoms with van der Waals surface area (Å²) >= 11 is 0. The lowest BCUT2D eigenvalue weighted by atomic mass is 9.78. The Bertz CT molecular complexity index is 998. The fourth-order valence-electron chi connectivity index (χ4n) is 3.71. The number of carbonyl (C=O) groups is 2. The van der Waals surface area contributed by atoms with Crippen LogP contribution in [0.25, 0.3) is 6.08 Å². The molecule has 2 aliphatic carbocycles. The molecule has 4 rings (SSSR count). The molecule has 0 saturated carbocycles. The van der Waals surface area contributed by atoms with E-state index in [0.717, 1.165) is 18.4 Å². The highest BCUT2D eigenvalue weighted by molar-refractivity contribution is 6.31. The zero-order valence-electron chi connectivity index (χ0n) is 13.6. The van der Waals surface area contributed by atoms with E-state index in [1.54, 1.807) is 6.08 Å². The quantitative estimate of drug-likeness (QED) is 0.593. The van der Waals surface area contributed by atoms with Crippen molar-refractivity contribution in [1.29, 1.82) is 0 Å². The largest absolute Gasteiger partial charge is 0.507 e. The molecule has 2 aromatic rings. The maximum absolute atomic E-state index is 12.9. The van der Waals surface area contributed by atoms with Crippen LogP contribution in [0.2, 0.25) is 0 Å². The molecule has 0 radical (unpaired) electrons. The third-order valence-electron chi connectivity index (χ3n) is 5.06. The monoisotopic (exact) mass is 336 g/mol. The molecule has 0 aliphatic heterocycles. The van der Waals surface area contributed by atoms with Crippen molar-refractivity contribution in [2.24, 2.45) is 0 Å². The van der Waals surface area contributed by atoms with E-state index in [1.165, 1.54) is 18.2 Å². The van der Waals surface area contributed by atoms with E-state index in [1.807, 2.05) is 6.92 Å². The standard InChI is InChI=1S/C20H16O5/c1-2-9-6-7-10-12(8-9)19(24)15-16(17(10)22)20(25)14-11(18(15)23)4-3-5-13(14)21/h3-5,8,21-22,24H,2,6-7H2,1H3. The summed E-state index contributed by atoms with van der Waals surface area (Å²) in [6.07, 6.45) is 3.79. The van der Waals surface area contributed by atoms with Crippen molar-refractivity contribution in [1.82, 2.24) is 0 Å². The number of allylic oxidation sites excluding steroid dienone is 1.